The predicted octanol–water partition coefficient (Wildman–Crippen LogP) is 2.13. The summed E-state index contributed by atoms with van der Waals surface area (Å²) in [5.41, 5.74) is -0.513. The number of nitro benzene ring substituents is 1. The van der Waals surface area contributed by atoms with Crippen LogP contribution < -0.4 is 9.46 Å². The SMILES string of the molecule is O=[N+]([O-])c1ccccc1S(=O)(=O)NCCOc1ccc(S(=O)(=O)N2CCCCC2)cc1. The molecule has 168 valence electrons. The first-order valence-electron chi connectivity index (χ1n) is 9.68. The lowest BCUT2D eigenvalue weighted by Gasteiger charge is -2.25. The molecule has 0 atom stereocenters. The van der Waals surface area contributed by atoms with Crippen molar-refractivity contribution in [2.45, 2.75) is 29.1 Å². The van der Waals surface area contributed by atoms with Gasteiger partial charge in [0.2, 0.25) is 20.0 Å². The van der Waals surface area contributed by atoms with E-state index >= 15 is 0 Å². The first-order valence-corrected chi connectivity index (χ1v) is 12.6. The average molecular weight is 470 g/mol. The number of nitro groups is 1. The third kappa shape index (κ3) is 5.58. The van der Waals surface area contributed by atoms with Gasteiger partial charge in [-0.05, 0) is 43.2 Å². The number of benzene rings is 2. The molecule has 0 amide bonds. The Bertz CT molecular complexity index is 1130. The van der Waals surface area contributed by atoms with Crippen molar-refractivity contribution in [3.05, 3.63) is 58.6 Å². The quantitative estimate of drug-likeness (QED) is 0.337. The lowest BCUT2D eigenvalue weighted by atomic mass is 10.2. The molecule has 0 radical (unpaired) electrons. The Labute approximate surface area is 181 Å². The number of ether oxygens (including phenoxy) is 1. The maximum Gasteiger partial charge on any atom is 0.289 e. The summed E-state index contributed by atoms with van der Waals surface area (Å²) in [6.45, 7) is 0.862. The van der Waals surface area contributed by atoms with Crippen LogP contribution in [-0.2, 0) is 20.0 Å². The summed E-state index contributed by atoms with van der Waals surface area (Å²) in [4.78, 5) is 10.0. The number of hydrogen-bond acceptors (Lipinski definition) is 7. The molecule has 0 aromatic heterocycles. The van der Waals surface area contributed by atoms with Gasteiger partial charge in [-0.2, -0.15) is 4.31 Å². The first-order chi connectivity index (χ1) is 14.7. The number of hydrogen-bond donors (Lipinski definition) is 1. The largest absolute Gasteiger partial charge is 0.492 e. The zero-order valence-corrected chi connectivity index (χ0v) is 18.3. The third-order valence-corrected chi connectivity index (χ3v) is 8.21. The Kier molecular flexibility index (Phi) is 7.26. The molecule has 3 rings (SSSR count). The van der Waals surface area contributed by atoms with E-state index in [9.17, 15) is 26.9 Å². The van der Waals surface area contributed by atoms with Gasteiger partial charge < -0.3 is 4.74 Å². The second-order valence-corrected chi connectivity index (χ2v) is 10.6. The highest BCUT2D eigenvalue weighted by atomic mass is 32.2. The second kappa shape index (κ2) is 9.73. The van der Waals surface area contributed by atoms with E-state index < -0.39 is 35.6 Å². The van der Waals surface area contributed by atoms with Crippen molar-refractivity contribution < 1.29 is 26.5 Å². The Hall–Kier alpha value is -2.54. The van der Waals surface area contributed by atoms with Gasteiger partial charge in [-0.25, -0.2) is 21.6 Å². The molecule has 31 heavy (non-hydrogen) atoms. The summed E-state index contributed by atoms with van der Waals surface area (Å²) < 4.78 is 59.1. The Morgan fingerprint density at radius 2 is 1.61 bits per heavy atom. The summed E-state index contributed by atoms with van der Waals surface area (Å²) in [7, 11) is -7.62. The number of para-hydroxylation sites is 1. The van der Waals surface area contributed by atoms with Crippen molar-refractivity contribution in [1.29, 1.82) is 0 Å². The third-order valence-electron chi connectivity index (χ3n) is 4.79. The Morgan fingerprint density at radius 3 is 2.26 bits per heavy atom. The number of sulfonamides is 2. The Morgan fingerprint density at radius 1 is 0.968 bits per heavy atom. The van der Waals surface area contributed by atoms with Crippen molar-refractivity contribution in [1.82, 2.24) is 9.03 Å². The van der Waals surface area contributed by atoms with E-state index in [2.05, 4.69) is 4.72 Å². The molecule has 10 nitrogen and oxygen atoms in total. The van der Waals surface area contributed by atoms with Crippen LogP contribution in [0.1, 0.15) is 19.3 Å². The highest BCUT2D eigenvalue weighted by Crippen LogP contribution is 2.24. The number of nitrogens with one attached hydrogen (secondary N) is 1. The maximum absolute atomic E-state index is 12.6. The highest BCUT2D eigenvalue weighted by Gasteiger charge is 2.26. The van der Waals surface area contributed by atoms with Gasteiger partial charge in [0.1, 0.15) is 12.4 Å². The van der Waals surface area contributed by atoms with Crippen molar-refractivity contribution in [3.8, 4) is 5.75 Å². The van der Waals surface area contributed by atoms with Crippen LogP contribution in [0.2, 0.25) is 0 Å². The van der Waals surface area contributed by atoms with Gasteiger partial charge in [0, 0.05) is 25.7 Å². The van der Waals surface area contributed by atoms with Gasteiger partial charge in [-0.3, -0.25) is 10.1 Å². The molecule has 1 N–H and O–H groups in total. The van der Waals surface area contributed by atoms with Crippen molar-refractivity contribution >= 4 is 25.7 Å². The zero-order valence-electron chi connectivity index (χ0n) is 16.6. The van der Waals surface area contributed by atoms with E-state index in [1.54, 1.807) is 0 Å². The summed E-state index contributed by atoms with van der Waals surface area (Å²) in [5, 5.41) is 11.0. The van der Waals surface area contributed by atoms with Crippen molar-refractivity contribution in [2.24, 2.45) is 0 Å². The highest BCUT2D eigenvalue weighted by molar-refractivity contribution is 7.89. The van der Waals surface area contributed by atoms with Crippen LogP contribution in [-0.4, -0.2) is 52.3 Å². The fraction of sp³-hybridized carbons (Fsp3) is 0.368. The zero-order chi connectivity index (χ0) is 22.5. The van der Waals surface area contributed by atoms with E-state index in [1.807, 2.05) is 0 Å². The van der Waals surface area contributed by atoms with E-state index in [4.69, 9.17) is 4.74 Å². The predicted molar refractivity (Wildman–Crippen MR) is 113 cm³/mol. The van der Waals surface area contributed by atoms with Crippen LogP contribution in [0.3, 0.4) is 0 Å². The molecule has 1 aliphatic rings. The van der Waals surface area contributed by atoms with Crippen LogP contribution >= 0.6 is 0 Å². The lowest BCUT2D eigenvalue weighted by Crippen LogP contribution is -2.35. The molecule has 0 saturated carbocycles. The fourth-order valence-electron chi connectivity index (χ4n) is 3.22. The summed E-state index contributed by atoms with van der Waals surface area (Å²) in [6.07, 6.45) is 2.73. The van der Waals surface area contributed by atoms with Gasteiger partial charge in [0.05, 0.1) is 9.82 Å². The van der Waals surface area contributed by atoms with Gasteiger partial charge in [-0.1, -0.05) is 18.6 Å². The molecular formula is C19H23N3O7S2. The number of rotatable bonds is 9. The molecule has 1 saturated heterocycles. The fourth-order valence-corrected chi connectivity index (χ4v) is 5.92. The standard InChI is InChI=1S/C19H23N3O7S2/c23-22(24)18-6-2-3-7-19(18)30(25,26)20-12-15-29-16-8-10-17(11-9-16)31(27,28)21-13-4-1-5-14-21/h2-3,6-11,20H,1,4-5,12-15H2. The molecule has 2 aromatic carbocycles. The average Bonchev–Trinajstić information content (AvgIpc) is 2.77. The molecule has 2 aromatic rings. The molecule has 0 aliphatic carbocycles. The lowest BCUT2D eigenvalue weighted by molar-refractivity contribution is -0.387. The molecule has 0 bridgehead atoms. The molecule has 1 heterocycles. The van der Waals surface area contributed by atoms with E-state index in [0.29, 0.717) is 18.8 Å². The van der Waals surface area contributed by atoms with Crippen LogP contribution in [0.4, 0.5) is 5.69 Å². The summed E-state index contributed by atoms with van der Waals surface area (Å²) >= 11 is 0. The van der Waals surface area contributed by atoms with Gasteiger partial charge in [-0.15, -0.1) is 0 Å². The van der Waals surface area contributed by atoms with E-state index in [-0.39, 0.29) is 18.0 Å². The van der Waals surface area contributed by atoms with E-state index in [1.165, 1.54) is 40.7 Å². The Balaban J connectivity index is 1.56. The smallest absolute Gasteiger partial charge is 0.289 e. The number of piperidine rings is 1. The molecular weight excluding hydrogens is 446 g/mol. The second-order valence-electron chi connectivity index (χ2n) is 6.91. The minimum absolute atomic E-state index is 0.0436. The first kappa shape index (κ1) is 23.1. The minimum Gasteiger partial charge on any atom is -0.492 e. The van der Waals surface area contributed by atoms with Gasteiger partial charge in [0.15, 0.2) is 4.90 Å². The molecule has 12 heteroatoms. The monoisotopic (exact) mass is 469 g/mol. The normalized spacial score (nSPS) is 15.5. The van der Waals surface area contributed by atoms with Crippen LogP contribution in [0.5, 0.6) is 5.75 Å². The molecule has 1 aliphatic heterocycles. The van der Waals surface area contributed by atoms with Gasteiger partial charge >= 0.3 is 0 Å². The van der Waals surface area contributed by atoms with Crippen LogP contribution in [0.15, 0.2) is 58.3 Å². The molecule has 1 fully saturated rings. The number of nitrogens with zero attached hydrogens (tertiary/aromatic N) is 2. The van der Waals surface area contributed by atoms with Crippen LogP contribution in [0.25, 0.3) is 0 Å². The molecule has 0 unspecified atom stereocenters. The maximum atomic E-state index is 12.6. The van der Waals surface area contributed by atoms with Crippen molar-refractivity contribution in [2.75, 3.05) is 26.2 Å². The van der Waals surface area contributed by atoms with Crippen molar-refractivity contribution in [3.63, 3.8) is 0 Å². The van der Waals surface area contributed by atoms with Crippen LogP contribution in [0, 0.1) is 10.1 Å². The minimum atomic E-state index is -4.09. The van der Waals surface area contributed by atoms with E-state index in [0.717, 1.165) is 31.4 Å². The van der Waals surface area contributed by atoms with Gasteiger partial charge in [0.25, 0.3) is 5.69 Å². The summed E-state index contributed by atoms with van der Waals surface area (Å²) in [5.74, 6) is 0.377. The summed E-state index contributed by atoms with van der Waals surface area (Å²) in [6, 6.07) is 11.0. The molecule has 0 spiro atoms. The topological polar surface area (TPSA) is 136 Å².